The number of allylic oxidation sites excluding steroid dienone is 2. The van der Waals surface area contributed by atoms with Gasteiger partial charge in [-0.1, -0.05) is 36.4 Å². The normalized spacial score (nSPS) is 17.3. The van der Waals surface area contributed by atoms with E-state index in [1.165, 1.54) is 6.33 Å². The Bertz CT molecular complexity index is 805. The van der Waals surface area contributed by atoms with Crippen LogP contribution in [0.1, 0.15) is 32.4 Å². The third-order valence-corrected chi connectivity index (χ3v) is 3.91. The molecule has 0 bridgehead atoms. The fourth-order valence-corrected chi connectivity index (χ4v) is 2.88. The average Bonchev–Trinajstić information content (AvgIpc) is 3.02. The monoisotopic (exact) mass is 324 g/mol. The maximum absolute atomic E-state index is 12.5. The lowest BCUT2D eigenvalue weighted by Crippen LogP contribution is -2.29. The van der Waals surface area contributed by atoms with Crippen molar-refractivity contribution in [1.82, 2.24) is 14.8 Å². The van der Waals surface area contributed by atoms with Crippen LogP contribution in [0, 0.1) is 0 Å². The summed E-state index contributed by atoms with van der Waals surface area (Å²) in [6, 6.07) is 9.63. The van der Waals surface area contributed by atoms with E-state index in [9.17, 15) is 4.79 Å². The molecule has 1 aliphatic rings. The van der Waals surface area contributed by atoms with Crippen LogP contribution in [0.2, 0.25) is 0 Å². The van der Waals surface area contributed by atoms with E-state index in [0.717, 1.165) is 16.8 Å². The van der Waals surface area contributed by atoms with E-state index in [-0.39, 0.29) is 12.0 Å². The molecule has 3 rings (SSSR count). The van der Waals surface area contributed by atoms with Gasteiger partial charge in [0.15, 0.2) is 0 Å². The van der Waals surface area contributed by atoms with E-state index in [1.807, 2.05) is 50.3 Å². The van der Waals surface area contributed by atoms with Gasteiger partial charge in [-0.25, -0.2) is 9.48 Å². The number of rotatable bonds is 4. The number of carbonyl (C=O) groups is 1. The van der Waals surface area contributed by atoms with Crippen LogP contribution >= 0.6 is 0 Å². The Labute approximate surface area is 140 Å². The molecule has 124 valence electrons. The van der Waals surface area contributed by atoms with E-state index >= 15 is 0 Å². The summed E-state index contributed by atoms with van der Waals surface area (Å²) in [4.78, 5) is 16.7. The first-order chi connectivity index (χ1) is 11.6. The molecule has 1 aromatic carbocycles. The van der Waals surface area contributed by atoms with Gasteiger partial charge in [-0.15, -0.1) is 0 Å². The molecule has 0 fully saturated rings. The Kier molecular flexibility index (Phi) is 4.46. The van der Waals surface area contributed by atoms with E-state index in [0.29, 0.717) is 18.1 Å². The number of aromatic nitrogens is 3. The minimum absolute atomic E-state index is 0.327. The van der Waals surface area contributed by atoms with Crippen molar-refractivity contribution in [3.05, 3.63) is 59.1 Å². The molecule has 0 saturated heterocycles. The number of nitrogens with one attached hydrogen (secondary N) is 1. The van der Waals surface area contributed by atoms with E-state index in [1.54, 1.807) is 11.6 Å². The molecule has 1 aliphatic heterocycles. The smallest absolute Gasteiger partial charge is 0.338 e. The van der Waals surface area contributed by atoms with Crippen LogP contribution in [0.4, 0.5) is 5.95 Å². The van der Waals surface area contributed by atoms with Gasteiger partial charge in [0.05, 0.1) is 12.2 Å². The molecule has 1 N–H and O–H groups in total. The van der Waals surface area contributed by atoms with Gasteiger partial charge in [-0.2, -0.15) is 10.1 Å². The third-order valence-electron chi connectivity index (χ3n) is 3.91. The molecule has 0 aliphatic carbocycles. The Morgan fingerprint density at radius 3 is 2.83 bits per heavy atom. The van der Waals surface area contributed by atoms with Crippen molar-refractivity contribution in [2.45, 2.75) is 26.8 Å². The molecule has 1 unspecified atom stereocenters. The lowest BCUT2D eigenvalue weighted by molar-refractivity contribution is -0.139. The highest BCUT2D eigenvalue weighted by Crippen LogP contribution is 2.35. The van der Waals surface area contributed by atoms with Gasteiger partial charge in [0, 0.05) is 5.70 Å². The highest BCUT2D eigenvalue weighted by Gasteiger charge is 2.33. The molecule has 0 radical (unpaired) electrons. The fraction of sp³-hybridized carbons (Fsp3) is 0.278. The lowest BCUT2D eigenvalue weighted by atomic mass is 9.95. The number of benzene rings is 1. The summed E-state index contributed by atoms with van der Waals surface area (Å²) >= 11 is 0. The van der Waals surface area contributed by atoms with Crippen LogP contribution in [0.5, 0.6) is 0 Å². The number of esters is 1. The summed E-state index contributed by atoms with van der Waals surface area (Å²) in [6.07, 6.45) is 3.53. The van der Waals surface area contributed by atoms with Gasteiger partial charge in [0.2, 0.25) is 5.95 Å². The molecule has 6 heteroatoms. The quantitative estimate of drug-likeness (QED) is 0.875. The second-order valence-electron chi connectivity index (χ2n) is 5.61. The van der Waals surface area contributed by atoms with Gasteiger partial charge in [0.1, 0.15) is 12.4 Å². The van der Waals surface area contributed by atoms with Crippen LogP contribution in [0.25, 0.3) is 6.08 Å². The number of fused-ring (bicyclic) bond motifs is 1. The van der Waals surface area contributed by atoms with Gasteiger partial charge < -0.3 is 10.1 Å². The summed E-state index contributed by atoms with van der Waals surface area (Å²) in [5.41, 5.74) is 3.34. The molecule has 1 atom stereocenters. The highest BCUT2D eigenvalue weighted by atomic mass is 16.5. The van der Waals surface area contributed by atoms with Gasteiger partial charge in [0.25, 0.3) is 0 Å². The topological polar surface area (TPSA) is 69.0 Å². The number of anilines is 1. The average molecular weight is 324 g/mol. The molecular weight excluding hydrogens is 304 g/mol. The molecule has 0 spiro atoms. The SMILES string of the molecule is CCOC(=O)C1=C(C)Nc2ncnn2C1/C(C)=C/c1ccccc1. The Morgan fingerprint density at radius 1 is 1.38 bits per heavy atom. The fourth-order valence-electron chi connectivity index (χ4n) is 2.88. The van der Waals surface area contributed by atoms with E-state index in [4.69, 9.17) is 4.74 Å². The van der Waals surface area contributed by atoms with Crippen molar-refractivity contribution < 1.29 is 9.53 Å². The standard InChI is InChI=1S/C18H20N4O2/c1-4-24-17(23)15-13(3)21-18-19-11-20-22(18)16(15)12(2)10-14-8-6-5-7-9-14/h5-11,16H,4H2,1-3H3,(H,19,20,21)/b12-10+. The first-order valence-electron chi connectivity index (χ1n) is 7.89. The zero-order chi connectivity index (χ0) is 17.1. The van der Waals surface area contributed by atoms with Crippen molar-refractivity contribution in [1.29, 1.82) is 0 Å². The molecule has 2 heterocycles. The van der Waals surface area contributed by atoms with Crippen LogP contribution < -0.4 is 5.32 Å². The van der Waals surface area contributed by atoms with Crippen molar-refractivity contribution in [3.63, 3.8) is 0 Å². The second-order valence-corrected chi connectivity index (χ2v) is 5.61. The van der Waals surface area contributed by atoms with E-state index < -0.39 is 0 Å². The van der Waals surface area contributed by atoms with Crippen LogP contribution in [0.15, 0.2) is 53.5 Å². The largest absolute Gasteiger partial charge is 0.463 e. The summed E-state index contributed by atoms with van der Waals surface area (Å²) in [6.45, 7) is 5.97. The first kappa shape index (κ1) is 16.0. The van der Waals surface area contributed by atoms with Crippen LogP contribution in [-0.4, -0.2) is 27.3 Å². The summed E-state index contributed by atoms with van der Waals surface area (Å²) in [5.74, 6) is 0.279. The molecule has 1 aromatic heterocycles. The number of hydrogen-bond donors (Lipinski definition) is 1. The zero-order valence-corrected chi connectivity index (χ0v) is 14.0. The Morgan fingerprint density at radius 2 is 2.12 bits per heavy atom. The number of carbonyl (C=O) groups excluding carboxylic acids is 1. The Balaban J connectivity index is 2.07. The van der Waals surface area contributed by atoms with Gasteiger partial charge in [-0.3, -0.25) is 0 Å². The second kappa shape index (κ2) is 6.70. The number of hydrogen-bond acceptors (Lipinski definition) is 5. The molecule has 0 amide bonds. The minimum Gasteiger partial charge on any atom is -0.463 e. The van der Waals surface area contributed by atoms with Crippen molar-refractivity contribution in [2.24, 2.45) is 0 Å². The van der Waals surface area contributed by atoms with Crippen molar-refractivity contribution in [2.75, 3.05) is 11.9 Å². The van der Waals surface area contributed by atoms with Gasteiger partial charge >= 0.3 is 5.97 Å². The third kappa shape index (κ3) is 2.95. The van der Waals surface area contributed by atoms with Gasteiger partial charge in [-0.05, 0) is 31.9 Å². The zero-order valence-electron chi connectivity index (χ0n) is 14.0. The molecular formula is C18H20N4O2. The highest BCUT2D eigenvalue weighted by molar-refractivity contribution is 5.92. The first-order valence-corrected chi connectivity index (χ1v) is 7.89. The molecule has 2 aromatic rings. The molecule has 6 nitrogen and oxygen atoms in total. The van der Waals surface area contributed by atoms with Crippen molar-refractivity contribution in [3.8, 4) is 0 Å². The molecule has 24 heavy (non-hydrogen) atoms. The van der Waals surface area contributed by atoms with Crippen molar-refractivity contribution >= 4 is 18.0 Å². The lowest BCUT2D eigenvalue weighted by Gasteiger charge is -2.28. The predicted molar refractivity (Wildman–Crippen MR) is 92.1 cm³/mol. The minimum atomic E-state index is -0.344. The Hall–Kier alpha value is -2.89. The number of nitrogens with zero attached hydrogens (tertiary/aromatic N) is 3. The molecule has 0 saturated carbocycles. The summed E-state index contributed by atoms with van der Waals surface area (Å²) < 4.78 is 6.96. The van der Waals surface area contributed by atoms with Crippen LogP contribution in [-0.2, 0) is 9.53 Å². The summed E-state index contributed by atoms with van der Waals surface area (Å²) in [5, 5.41) is 7.41. The number of ether oxygens (including phenoxy) is 1. The van der Waals surface area contributed by atoms with E-state index in [2.05, 4.69) is 15.4 Å². The predicted octanol–water partition coefficient (Wildman–Crippen LogP) is 3.19. The maximum atomic E-state index is 12.5. The van der Waals surface area contributed by atoms with Crippen LogP contribution in [0.3, 0.4) is 0 Å². The maximum Gasteiger partial charge on any atom is 0.338 e. The summed E-state index contributed by atoms with van der Waals surface area (Å²) in [7, 11) is 0.